The fourth-order valence-electron chi connectivity index (χ4n) is 2.99. The third kappa shape index (κ3) is 2.95. The van der Waals surface area contributed by atoms with Crippen LogP contribution in [-0.4, -0.2) is 34.0 Å². The molecule has 2 heterocycles. The van der Waals surface area contributed by atoms with Gasteiger partial charge in [0.05, 0.1) is 0 Å². The van der Waals surface area contributed by atoms with Crippen molar-refractivity contribution in [2.45, 2.75) is 39.7 Å². The van der Waals surface area contributed by atoms with Crippen molar-refractivity contribution in [3.05, 3.63) is 29.6 Å². The fourth-order valence-corrected chi connectivity index (χ4v) is 2.99. The van der Waals surface area contributed by atoms with Crippen molar-refractivity contribution in [3.63, 3.8) is 0 Å². The Bertz CT molecular complexity index is 455. The van der Waals surface area contributed by atoms with Crippen LogP contribution in [0.3, 0.4) is 0 Å². The molecule has 0 bridgehead atoms. The zero-order chi connectivity index (χ0) is 13.9. The predicted octanol–water partition coefficient (Wildman–Crippen LogP) is 2.79. The van der Waals surface area contributed by atoms with E-state index in [2.05, 4.69) is 23.7 Å². The number of aromatic nitrogens is 1. The van der Waals surface area contributed by atoms with Crippen molar-refractivity contribution < 1.29 is 9.90 Å². The summed E-state index contributed by atoms with van der Waals surface area (Å²) in [5, 5.41) is 9.15. The van der Waals surface area contributed by atoms with Gasteiger partial charge in [0.15, 0.2) is 5.69 Å². The first-order chi connectivity index (χ1) is 9.10. The molecule has 2 rings (SSSR count). The van der Waals surface area contributed by atoms with E-state index >= 15 is 0 Å². The lowest BCUT2D eigenvalue weighted by atomic mass is 9.82. The SMILES string of the molecule is CCC1(CC)CCN(Cc2cccnc2C(=O)O)C1. The number of hydrogen-bond acceptors (Lipinski definition) is 3. The van der Waals surface area contributed by atoms with Crippen LogP contribution in [0, 0.1) is 5.41 Å². The minimum Gasteiger partial charge on any atom is -0.477 e. The van der Waals surface area contributed by atoms with Gasteiger partial charge in [0, 0.05) is 19.3 Å². The van der Waals surface area contributed by atoms with Gasteiger partial charge in [-0.05, 0) is 42.9 Å². The number of hydrogen-bond donors (Lipinski definition) is 1. The highest BCUT2D eigenvalue weighted by molar-refractivity contribution is 5.86. The molecule has 1 aliphatic rings. The van der Waals surface area contributed by atoms with Crippen molar-refractivity contribution in [1.29, 1.82) is 0 Å². The molecule has 0 unspecified atom stereocenters. The molecule has 4 heteroatoms. The maximum Gasteiger partial charge on any atom is 0.354 e. The zero-order valence-electron chi connectivity index (χ0n) is 11.7. The van der Waals surface area contributed by atoms with Gasteiger partial charge in [-0.2, -0.15) is 0 Å². The van der Waals surface area contributed by atoms with Crippen LogP contribution in [-0.2, 0) is 6.54 Å². The highest BCUT2D eigenvalue weighted by Gasteiger charge is 2.35. The number of pyridine rings is 1. The smallest absolute Gasteiger partial charge is 0.354 e. The van der Waals surface area contributed by atoms with E-state index in [4.69, 9.17) is 5.11 Å². The average Bonchev–Trinajstić information content (AvgIpc) is 2.83. The first kappa shape index (κ1) is 14.0. The Balaban J connectivity index is 2.09. The molecule has 1 saturated heterocycles. The molecule has 0 atom stereocenters. The number of likely N-dealkylation sites (tertiary alicyclic amines) is 1. The lowest BCUT2D eigenvalue weighted by Gasteiger charge is -2.26. The Morgan fingerprint density at radius 1 is 1.47 bits per heavy atom. The van der Waals surface area contributed by atoms with E-state index in [9.17, 15) is 4.79 Å². The van der Waals surface area contributed by atoms with Gasteiger partial charge in [-0.15, -0.1) is 0 Å². The maximum atomic E-state index is 11.2. The van der Waals surface area contributed by atoms with E-state index < -0.39 is 5.97 Å². The Morgan fingerprint density at radius 3 is 2.79 bits per heavy atom. The second-order valence-corrected chi connectivity index (χ2v) is 5.48. The van der Waals surface area contributed by atoms with Gasteiger partial charge in [-0.1, -0.05) is 19.9 Å². The van der Waals surface area contributed by atoms with Gasteiger partial charge in [0.2, 0.25) is 0 Å². The molecular formula is C15H22N2O2. The number of aromatic carboxylic acids is 1. The Labute approximate surface area is 114 Å². The molecule has 1 aromatic heterocycles. The van der Waals surface area contributed by atoms with E-state index in [1.807, 2.05) is 12.1 Å². The molecule has 1 fully saturated rings. The fraction of sp³-hybridized carbons (Fsp3) is 0.600. The van der Waals surface area contributed by atoms with Gasteiger partial charge in [-0.3, -0.25) is 4.90 Å². The lowest BCUT2D eigenvalue weighted by molar-refractivity contribution is 0.0688. The Hall–Kier alpha value is -1.42. The van der Waals surface area contributed by atoms with Gasteiger partial charge < -0.3 is 5.11 Å². The summed E-state index contributed by atoms with van der Waals surface area (Å²) in [5.41, 5.74) is 1.43. The van der Waals surface area contributed by atoms with Crippen LogP contribution in [0.2, 0.25) is 0 Å². The topological polar surface area (TPSA) is 53.4 Å². The monoisotopic (exact) mass is 262 g/mol. The van der Waals surface area contributed by atoms with E-state index in [-0.39, 0.29) is 5.69 Å². The van der Waals surface area contributed by atoms with Crippen molar-refractivity contribution in [3.8, 4) is 0 Å². The molecule has 0 amide bonds. The summed E-state index contributed by atoms with van der Waals surface area (Å²) < 4.78 is 0. The van der Waals surface area contributed by atoms with E-state index in [0.717, 1.165) is 18.7 Å². The molecule has 4 nitrogen and oxygen atoms in total. The van der Waals surface area contributed by atoms with Crippen LogP contribution in [0.4, 0.5) is 0 Å². The number of carboxylic acids is 1. The number of rotatable bonds is 5. The van der Waals surface area contributed by atoms with Crippen LogP contribution >= 0.6 is 0 Å². The standard InChI is InChI=1S/C15H22N2O2/c1-3-15(4-2)7-9-17(11-15)10-12-6-5-8-16-13(12)14(18)19/h5-6,8H,3-4,7,9-11H2,1-2H3,(H,18,19). The first-order valence-electron chi connectivity index (χ1n) is 7.00. The Morgan fingerprint density at radius 2 is 2.21 bits per heavy atom. The molecule has 0 aliphatic carbocycles. The van der Waals surface area contributed by atoms with Crippen molar-refractivity contribution in [1.82, 2.24) is 9.88 Å². The number of nitrogens with zero attached hydrogens (tertiary/aromatic N) is 2. The Kier molecular flexibility index (Phi) is 4.20. The summed E-state index contributed by atoms with van der Waals surface area (Å²) >= 11 is 0. The number of carboxylic acid groups (broad SMARTS) is 1. The predicted molar refractivity (Wildman–Crippen MR) is 74.1 cm³/mol. The first-order valence-corrected chi connectivity index (χ1v) is 7.00. The summed E-state index contributed by atoms with van der Waals surface area (Å²) in [6.45, 7) is 7.31. The van der Waals surface area contributed by atoms with Gasteiger partial charge in [0.25, 0.3) is 0 Å². The normalized spacial score (nSPS) is 18.6. The molecule has 0 spiro atoms. The largest absolute Gasteiger partial charge is 0.477 e. The van der Waals surface area contributed by atoms with Crippen LogP contribution in [0.15, 0.2) is 18.3 Å². The molecular weight excluding hydrogens is 240 g/mol. The molecule has 19 heavy (non-hydrogen) atoms. The summed E-state index contributed by atoms with van der Waals surface area (Å²) in [4.78, 5) is 17.5. The molecule has 0 radical (unpaired) electrons. The minimum atomic E-state index is -0.938. The zero-order valence-corrected chi connectivity index (χ0v) is 11.7. The van der Waals surface area contributed by atoms with Crippen LogP contribution in [0.1, 0.15) is 49.2 Å². The number of carbonyl (C=O) groups is 1. The third-order valence-corrected chi connectivity index (χ3v) is 4.51. The summed E-state index contributed by atoms with van der Waals surface area (Å²) in [6.07, 6.45) is 5.14. The quantitative estimate of drug-likeness (QED) is 0.886. The van der Waals surface area contributed by atoms with Gasteiger partial charge >= 0.3 is 5.97 Å². The molecule has 0 saturated carbocycles. The molecule has 0 aromatic carbocycles. The maximum absolute atomic E-state index is 11.2. The van der Waals surface area contributed by atoms with Gasteiger partial charge in [-0.25, -0.2) is 9.78 Å². The highest BCUT2D eigenvalue weighted by Crippen LogP contribution is 2.37. The van der Waals surface area contributed by atoms with Crippen molar-refractivity contribution in [2.24, 2.45) is 5.41 Å². The third-order valence-electron chi connectivity index (χ3n) is 4.51. The summed E-state index contributed by atoms with van der Waals surface area (Å²) in [6, 6.07) is 3.68. The second kappa shape index (κ2) is 5.70. The second-order valence-electron chi connectivity index (χ2n) is 5.48. The van der Waals surface area contributed by atoms with Gasteiger partial charge in [0.1, 0.15) is 0 Å². The van der Waals surface area contributed by atoms with Crippen LogP contribution < -0.4 is 0 Å². The molecule has 1 aliphatic heterocycles. The summed E-state index contributed by atoms with van der Waals surface area (Å²) in [7, 11) is 0. The molecule has 1 aromatic rings. The van der Waals surface area contributed by atoms with Crippen molar-refractivity contribution >= 4 is 5.97 Å². The van der Waals surface area contributed by atoms with E-state index in [0.29, 0.717) is 12.0 Å². The molecule has 1 N–H and O–H groups in total. The van der Waals surface area contributed by atoms with E-state index in [1.165, 1.54) is 19.3 Å². The van der Waals surface area contributed by atoms with Crippen molar-refractivity contribution in [2.75, 3.05) is 13.1 Å². The van der Waals surface area contributed by atoms with Crippen LogP contribution in [0.5, 0.6) is 0 Å². The minimum absolute atomic E-state index is 0.188. The lowest BCUT2D eigenvalue weighted by Crippen LogP contribution is -2.26. The average molecular weight is 262 g/mol. The summed E-state index contributed by atoms with van der Waals surface area (Å²) in [5.74, 6) is -0.938. The van der Waals surface area contributed by atoms with Crippen LogP contribution in [0.25, 0.3) is 0 Å². The van der Waals surface area contributed by atoms with E-state index in [1.54, 1.807) is 6.20 Å². The molecule has 104 valence electrons. The highest BCUT2D eigenvalue weighted by atomic mass is 16.4.